The first-order valence-corrected chi connectivity index (χ1v) is 7.89. The number of carbonyl (C=O) groups excluding carboxylic acids is 1. The van der Waals surface area contributed by atoms with Gasteiger partial charge in [0.1, 0.15) is 5.82 Å². The van der Waals surface area contributed by atoms with Gasteiger partial charge in [-0.2, -0.15) is 0 Å². The second kappa shape index (κ2) is 7.07. The molecule has 2 heterocycles. The van der Waals surface area contributed by atoms with E-state index in [-0.39, 0.29) is 24.1 Å². The van der Waals surface area contributed by atoms with Crippen LogP contribution in [0.1, 0.15) is 23.2 Å². The summed E-state index contributed by atoms with van der Waals surface area (Å²) in [4.78, 5) is 14.4. The highest BCUT2D eigenvalue weighted by atomic mass is 79.9. The molecule has 0 saturated carbocycles. The molecule has 116 valence electrons. The molecule has 0 spiro atoms. The summed E-state index contributed by atoms with van der Waals surface area (Å²) < 4.78 is 14.0. The van der Waals surface area contributed by atoms with E-state index in [1.807, 2.05) is 4.90 Å². The summed E-state index contributed by atoms with van der Waals surface area (Å²) in [5, 5.41) is 3.42. The van der Waals surface area contributed by atoms with Crippen molar-refractivity contribution < 1.29 is 9.18 Å². The summed E-state index contributed by atoms with van der Waals surface area (Å²) in [6, 6.07) is 4.38. The van der Waals surface area contributed by atoms with Crippen molar-refractivity contribution in [2.45, 2.75) is 12.8 Å². The molecular weight excluding hydrogens is 359 g/mol. The van der Waals surface area contributed by atoms with Crippen LogP contribution in [0.2, 0.25) is 0 Å². The fraction of sp³-hybridized carbons (Fsp3) is 0.533. The highest BCUT2D eigenvalue weighted by Gasteiger charge is 2.31. The monoisotopic (exact) mass is 376 g/mol. The number of carbonyl (C=O) groups is 1. The standard InChI is InChI=1S/C15H18BrFN2O.ClH/c16-13-5-12(6-14(17)7-13)15(20)19-3-1-10-8-18-9-11(10)2-4-19;/h5-7,10-11,18H,1-4,8-9H2;1H/t10-,11+;. The predicted molar refractivity (Wildman–Crippen MR) is 86.3 cm³/mol. The molecule has 6 heteroatoms. The molecule has 1 aromatic carbocycles. The number of hydrogen-bond acceptors (Lipinski definition) is 2. The lowest BCUT2D eigenvalue weighted by Crippen LogP contribution is -2.32. The first-order valence-electron chi connectivity index (χ1n) is 7.09. The van der Waals surface area contributed by atoms with Crippen LogP contribution < -0.4 is 5.32 Å². The number of rotatable bonds is 1. The van der Waals surface area contributed by atoms with Crippen LogP contribution in [-0.4, -0.2) is 37.0 Å². The summed E-state index contributed by atoms with van der Waals surface area (Å²) >= 11 is 3.24. The first-order chi connectivity index (χ1) is 9.63. The molecule has 3 rings (SSSR count). The summed E-state index contributed by atoms with van der Waals surface area (Å²) in [6.07, 6.45) is 2.08. The van der Waals surface area contributed by atoms with Gasteiger partial charge < -0.3 is 10.2 Å². The fourth-order valence-corrected chi connectivity index (χ4v) is 3.75. The van der Waals surface area contributed by atoms with Gasteiger partial charge in [0.15, 0.2) is 0 Å². The minimum Gasteiger partial charge on any atom is -0.339 e. The Labute approximate surface area is 138 Å². The number of fused-ring (bicyclic) bond motifs is 1. The number of hydrogen-bond donors (Lipinski definition) is 1. The van der Waals surface area contributed by atoms with Crippen LogP contribution in [0.25, 0.3) is 0 Å². The topological polar surface area (TPSA) is 32.3 Å². The predicted octanol–water partition coefficient (Wildman–Crippen LogP) is 3.08. The molecule has 2 aliphatic heterocycles. The quantitative estimate of drug-likeness (QED) is 0.816. The lowest BCUT2D eigenvalue weighted by molar-refractivity contribution is 0.0758. The SMILES string of the molecule is Cl.O=C(c1cc(F)cc(Br)c1)N1CC[C@@H]2CNC[C@@H]2CC1. The van der Waals surface area contributed by atoms with Gasteiger partial charge in [-0.3, -0.25) is 4.79 Å². The highest BCUT2D eigenvalue weighted by molar-refractivity contribution is 9.10. The molecule has 21 heavy (non-hydrogen) atoms. The highest BCUT2D eigenvalue weighted by Crippen LogP contribution is 2.28. The van der Waals surface area contributed by atoms with Crippen LogP contribution >= 0.6 is 28.3 Å². The molecule has 0 aliphatic carbocycles. The van der Waals surface area contributed by atoms with Crippen molar-refractivity contribution in [3.05, 3.63) is 34.1 Å². The van der Waals surface area contributed by atoms with Gasteiger partial charge in [-0.1, -0.05) is 15.9 Å². The molecule has 2 atom stereocenters. The lowest BCUT2D eigenvalue weighted by atomic mass is 9.92. The van der Waals surface area contributed by atoms with Crippen molar-refractivity contribution in [1.82, 2.24) is 10.2 Å². The van der Waals surface area contributed by atoms with Gasteiger partial charge >= 0.3 is 0 Å². The Hall–Kier alpha value is -0.650. The summed E-state index contributed by atoms with van der Waals surface area (Å²) in [5.41, 5.74) is 0.432. The molecule has 3 nitrogen and oxygen atoms in total. The molecule has 0 bridgehead atoms. The normalized spacial score (nSPS) is 25.0. The van der Waals surface area contributed by atoms with E-state index in [9.17, 15) is 9.18 Å². The van der Waals surface area contributed by atoms with Gasteiger partial charge in [-0.15, -0.1) is 12.4 Å². The maximum Gasteiger partial charge on any atom is 0.253 e. The van der Waals surface area contributed by atoms with Gasteiger partial charge in [0.05, 0.1) is 0 Å². The van der Waals surface area contributed by atoms with E-state index in [0.717, 1.165) is 39.0 Å². The smallest absolute Gasteiger partial charge is 0.253 e. The summed E-state index contributed by atoms with van der Waals surface area (Å²) in [7, 11) is 0. The van der Waals surface area contributed by atoms with Crippen molar-refractivity contribution in [1.29, 1.82) is 0 Å². The zero-order valence-electron chi connectivity index (χ0n) is 11.6. The van der Waals surface area contributed by atoms with Gasteiger partial charge in [-0.25, -0.2) is 4.39 Å². The molecule has 1 amide bonds. The second-order valence-corrected chi connectivity index (χ2v) is 6.62. The summed E-state index contributed by atoms with van der Waals surface area (Å²) in [5.74, 6) is 0.941. The summed E-state index contributed by atoms with van der Waals surface area (Å²) in [6.45, 7) is 3.68. The third-order valence-corrected chi connectivity index (χ3v) is 4.87. The van der Waals surface area contributed by atoms with Gasteiger partial charge in [0.2, 0.25) is 0 Å². The van der Waals surface area contributed by atoms with Crippen molar-refractivity contribution in [3.8, 4) is 0 Å². The minimum atomic E-state index is -0.376. The van der Waals surface area contributed by atoms with Gasteiger partial charge in [-0.05, 0) is 56.0 Å². The van der Waals surface area contributed by atoms with E-state index in [0.29, 0.717) is 21.9 Å². The molecule has 0 aromatic heterocycles. The van der Waals surface area contributed by atoms with Crippen LogP contribution in [-0.2, 0) is 0 Å². The molecule has 2 fully saturated rings. The maximum absolute atomic E-state index is 13.4. The van der Waals surface area contributed by atoms with Crippen molar-refractivity contribution in [2.24, 2.45) is 11.8 Å². The van der Waals surface area contributed by atoms with Crippen LogP contribution in [0.5, 0.6) is 0 Å². The van der Waals surface area contributed by atoms with E-state index in [1.54, 1.807) is 6.07 Å². The van der Waals surface area contributed by atoms with Gasteiger partial charge in [0.25, 0.3) is 5.91 Å². The number of nitrogens with zero attached hydrogens (tertiary/aromatic N) is 1. The zero-order chi connectivity index (χ0) is 14.1. The Kier molecular flexibility index (Phi) is 5.63. The first kappa shape index (κ1) is 16.7. The number of amides is 1. The largest absolute Gasteiger partial charge is 0.339 e. The molecule has 2 aliphatic rings. The third kappa shape index (κ3) is 3.76. The lowest BCUT2D eigenvalue weighted by Gasteiger charge is -2.21. The number of benzene rings is 1. The number of halogens is 3. The average Bonchev–Trinajstić information content (AvgIpc) is 2.76. The van der Waals surface area contributed by atoms with Crippen molar-refractivity contribution in [3.63, 3.8) is 0 Å². The van der Waals surface area contributed by atoms with E-state index in [4.69, 9.17) is 0 Å². The Morgan fingerprint density at radius 1 is 1.19 bits per heavy atom. The number of likely N-dealkylation sites (tertiary alicyclic amines) is 1. The van der Waals surface area contributed by atoms with Crippen molar-refractivity contribution >= 4 is 34.2 Å². The van der Waals surface area contributed by atoms with Crippen LogP contribution in [0.15, 0.2) is 22.7 Å². The molecular formula is C15H19BrClFN2O. The van der Waals surface area contributed by atoms with Gasteiger partial charge in [0, 0.05) is 23.1 Å². The number of nitrogens with one attached hydrogen (secondary N) is 1. The second-order valence-electron chi connectivity index (χ2n) is 5.71. The van der Waals surface area contributed by atoms with Crippen LogP contribution in [0.3, 0.4) is 0 Å². The van der Waals surface area contributed by atoms with E-state index < -0.39 is 0 Å². The average molecular weight is 378 g/mol. The minimum absolute atomic E-state index is 0. The van der Waals surface area contributed by atoms with Crippen molar-refractivity contribution in [2.75, 3.05) is 26.2 Å². The van der Waals surface area contributed by atoms with E-state index in [1.165, 1.54) is 12.1 Å². The Morgan fingerprint density at radius 2 is 1.81 bits per heavy atom. The Bertz CT molecular complexity index is 494. The molecule has 1 N–H and O–H groups in total. The fourth-order valence-electron chi connectivity index (χ4n) is 3.28. The molecule has 1 aromatic rings. The van der Waals surface area contributed by atoms with Crippen LogP contribution in [0.4, 0.5) is 4.39 Å². The molecule has 0 radical (unpaired) electrons. The molecule has 2 saturated heterocycles. The Morgan fingerprint density at radius 3 is 2.38 bits per heavy atom. The zero-order valence-corrected chi connectivity index (χ0v) is 14.1. The van der Waals surface area contributed by atoms with E-state index in [2.05, 4.69) is 21.2 Å². The van der Waals surface area contributed by atoms with E-state index >= 15 is 0 Å². The van der Waals surface area contributed by atoms with Crippen LogP contribution in [0, 0.1) is 17.7 Å². The maximum atomic E-state index is 13.4. The molecule has 0 unspecified atom stereocenters. The Balaban J connectivity index is 0.00000161. The third-order valence-electron chi connectivity index (χ3n) is 4.42.